The van der Waals surface area contributed by atoms with Gasteiger partial charge in [0.2, 0.25) is 0 Å². The SMILES string of the molecule is CCN(CC(C)C)c1cc(OC(C)C)c(F)cc1N. The maximum Gasteiger partial charge on any atom is 0.167 e. The smallest absolute Gasteiger partial charge is 0.167 e. The minimum atomic E-state index is -0.407. The number of hydrogen-bond acceptors (Lipinski definition) is 3. The minimum absolute atomic E-state index is 0.0638. The average Bonchev–Trinajstić information content (AvgIpc) is 2.29. The largest absolute Gasteiger partial charge is 0.488 e. The zero-order valence-corrected chi connectivity index (χ0v) is 12.5. The van der Waals surface area contributed by atoms with Crippen LogP contribution in [0.4, 0.5) is 15.8 Å². The Bertz CT molecular complexity index is 419. The summed E-state index contributed by atoms with van der Waals surface area (Å²) in [5, 5.41) is 0. The number of anilines is 2. The molecule has 19 heavy (non-hydrogen) atoms. The van der Waals surface area contributed by atoms with Gasteiger partial charge in [0.1, 0.15) is 0 Å². The fourth-order valence-electron chi connectivity index (χ4n) is 2.01. The first-order valence-electron chi connectivity index (χ1n) is 6.85. The molecule has 0 atom stereocenters. The molecule has 1 aromatic rings. The summed E-state index contributed by atoms with van der Waals surface area (Å²) in [5.74, 6) is 0.371. The molecule has 0 aromatic heterocycles. The van der Waals surface area contributed by atoms with Gasteiger partial charge in [0.25, 0.3) is 0 Å². The van der Waals surface area contributed by atoms with Crippen molar-refractivity contribution < 1.29 is 9.13 Å². The monoisotopic (exact) mass is 268 g/mol. The van der Waals surface area contributed by atoms with Gasteiger partial charge in [-0.15, -0.1) is 0 Å². The number of nitrogen functional groups attached to an aromatic ring is 1. The summed E-state index contributed by atoms with van der Waals surface area (Å²) in [6, 6.07) is 3.05. The van der Waals surface area contributed by atoms with Gasteiger partial charge in [-0.1, -0.05) is 13.8 Å². The van der Waals surface area contributed by atoms with Crippen molar-refractivity contribution in [1.82, 2.24) is 0 Å². The second-order valence-electron chi connectivity index (χ2n) is 5.44. The lowest BCUT2D eigenvalue weighted by molar-refractivity contribution is 0.231. The number of benzene rings is 1. The zero-order chi connectivity index (χ0) is 14.6. The van der Waals surface area contributed by atoms with Crippen molar-refractivity contribution in [3.8, 4) is 5.75 Å². The van der Waals surface area contributed by atoms with Crippen molar-refractivity contribution in [3.05, 3.63) is 17.9 Å². The van der Waals surface area contributed by atoms with Crippen LogP contribution in [0.1, 0.15) is 34.6 Å². The molecule has 1 aromatic carbocycles. The number of nitrogens with two attached hydrogens (primary N) is 1. The molecule has 0 heterocycles. The van der Waals surface area contributed by atoms with Gasteiger partial charge in [0, 0.05) is 25.2 Å². The summed E-state index contributed by atoms with van der Waals surface area (Å²) in [7, 11) is 0. The van der Waals surface area contributed by atoms with E-state index in [1.807, 2.05) is 13.8 Å². The molecule has 108 valence electrons. The summed E-state index contributed by atoms with van der Waals surface area (Å²) in [4.78, 5) is 2.15. The quantitative estimate of drug-likeness (QED) is 0.800. The first-order chi connectivity index (χ1) is 8.85. The fourth-order valence-corrected chi connectivity index (χ4v) is 2.01. The molecule has 0 saturated heterocycles. The van der Waals surface area contributed by atoms with E-state index in [9.17, 15) is 4.39 Å². The molecule has 1 rings (SSSR count). The number of hydrogen-bond donors (Lipinski definition) is 1. The van der Waals surface area contributed by atoms with Gasteiger partial charge in [0.15, 0.2) is 11.6 Å². The molecule has 0 aliphatic heterocycles. The molecule has 0 amide bonds. The zero-order valence-electron chi connectivity index (χ0n) is 12.5. The lowest BCUT2D eigenvalue weighted by Gasteiger charge is -2.27. The van der Waals surface area contributed by atoms with Crippen molar-refractivity contribution in [1.29, 1.82) is 0 Å². The lowest BCUT2D eigenvalue weighted by Crippen LogP contribution is -2.28. The van der Waals surface area contributed by atoms with Crippen LogP contribution in [0, 0.1) is 11.7 Å². The molecule has 0 fully saturated rings. The van der Waals surface area contributed by atoms with Crippen molar-refractivity contribution in [2.75, 3.05) is 23.7 Å². The van der Waals surface area contributed by atoms with E-state index in [4.69, 9.17) is 10.5 Å². The Morgan fingerprint density at radius 1 is 1.26 bits per heavy atom. The van der Waals surface area contributed by atoms with Gasteiger partial charge in [-0.3, -0.25) is 0 Å². The van der Waals surface area contributed by atoms with Crippen molar-refractivity contribution in [3.63, 3.8) is 0 Å². The Morgan fingerprint density at radius 2 is 1.89 bits per heavy atom. The van der Waals surface area contributed by atoms with Gasteiger partial charge in [-0.2, -0.15) is 0 Å². The van der Waals surface area contributed by atoms with Crippen molar-refractivity contribution in [2.45, 2.75) is 40.7 Å². The van der Waals surface area contributed by atoms with Crippen LogP contribution in [-0.4, -0.2) is 19.2 Å². The van der Waals surface area contributed by atoms with Gasteiger partial charge >= 0.3 is 0 Å². The number of nitrogens with zero attached hydrogens (tertiary/aromatic N) is 1. The third-order valence-corrected chi connectivity index (χ3v) is 2.75. The van der Waals surface area contributed by atoms with Crippen molar-refractivity contribution >= 4 is 11.4 Å². The lowest BCUT2D eigenvalue weighted by atomic mass is 10.1. The van der Waals surface area contributed by atoms with E-state index in [0.29, 0.717) is 11.6 Å². The highest BCUT2D eigenvalue weighted by molar-refractivity contribution is 5.70. The van der Waals surface area contributed by atoms with Gasteiger partial charge in [-0.05, 0) is 26.7 Å². The fraction of sp³-hybridized carbons (Fsp3) is 0.600. The average molecular weight is 268 g/mol. The number of halogens is 1. The van der Waals surface area contributed by atoms with E-state index in [2.05, 4.69) is 25.7 Å². The topological polar surface area (TPSA) is 38.5 Å². The van der Waals surface area contributed by atoms with Crippen LogP contribution in [-0.2, 0) is 0 Å². The van der Waals surface area contributed by atoms with Gasteiger partial charge < -0.3 is 15.4 Å². The second-order valence-corrected chi connectivity index (χ2v) is 5.44. The van der Waals surface area contributed by atoms with E-state index in [-0.39, 0.29) is 11.9 Å². The van der Waals surface area contributed by atoms with Crippen LogP contribution < -0.4 is 15.4 Å². The molecule has 0 bridgehead atoms. The Kier molecular flexibility index (Phi) is 5.45. The molecule has 0 aliphatic carbocycles. The minimum Gasteiger partial charge on any atom is -0.488 e. The van der Waals surface area contributed by atoms with E-state index in [0.717, 1.165) is 18.8 Å². The summed E-state index contributed by atoms with van der Waals surface area (Å²) in [5.41, 5.74) is 7.23. The molecule has 0 unspecified atom stereocenters. The van der Waals surface area contributed by atoms with Crippen LogP contribution in [0.2, 0.25) is 0 Å². The van der Waals surface area contributed by atoms with Crippen LogP contribution >= 0.6 is 0 Å². The highest BCUT2D eigenvalue weighted by atomic mass is 19.1. The van der Waals surface area contributed by atoms with Crippen molar-refractivity contribution in [2.24, 2.45) is 5.92 Å². The first kappa shape index (κ1) is 15.6. The standard InChI is InChI=1S/C15H25FN2O/c1-6-18(9-10(2)3)14-8-15(19-11(4)5)12(16)7-13(14)17/h7-8,10-11H,6,9,17H2,1-5H3. The second kappa shape index (κ2) is 6.64. The summed E-state index contributed by atoms with van der Waals surface area (Å²) in [6.45, 7) is 11.8. The molecule has 0 aliphatic rings. The molecule has 0 radical (unpaired) electrons. The molecular formula is C15H25FN2O. The van der Waals surface area contributed by atoms with Crippen LogP contribution in [0.15, 0.2) is 12.1 Å². The predicted octanol–water partition coefficient (Wildman–Crippen LogP) is 3.68. The van der Waals surface area contributed by atoms with Crippen LogP contribution in [0.25, 0.3) is 0 Å². The normalized spacial score (nSPS) is 11.2. The highest BCUT2D eigenvalue weighted by Crippen LogP contribution is 2.32. The van der Waals surface area contributed by atoms with E-state index < -0.39 is 5.82 Å². The summed E-state index contributed by atoms with van der Waals surface area (Å²) < 4.78 is 19.3. The van der Waals surface area contributed by atoms with Gasteiger partial charge in [-0.25, -0.2) is 4.39 Å². The highest BCUT2D eigenvalue weighted by Gasteiger charge is 2.15. The molecule has 4 heteroatoms. The molecule has 3 nitrogen and oxygen atoms in total. The number of rotatable bonds is 6. The van der Waals surface area contributed by atoms with E-state index >= 15 is 0 Å². The Hall–Kier alpha value is -1.45. The third-order valence-electron chi connectivity index (χ3n) is 2.75. The van der Waals surface area contributed by atoms with E-state index in [1.54, 1.807) is 6.07 Å². The Balaban J connectivity index is 3.11. The molecule has 0 spiro atoms. The first-order valence-corrected chi connectivity index (χ1v) is 6.85. The summed E-state index contributed by atoms with van der Waals surface area (Å²) in [6.07, 6.45) is -0.0638. The third kappa shape index (κ3) is 4.30. The summed E-state index contributed by atoms with van der Waals surface area (Å²) >= 11 is 0. The number of ether oxygens (including phenoxy) is 1. The Labute approximate surface area is 115 Å². The van der Waals surface area contributed by atoms with Crippen LogP contribution in [0.3, 0.4) is 0 Å². The molecule has 0 saturated carbocycles. The maximum absolute atomic E-state index is 13.8. The Morgan fingerprint density at radius 3 is 2.37 bits per heavy atom. The van der Waals surface area contributed by atoms with Crippen LogP contribution in [0.5, 0.6) is 5.75 Å². The molecular weight excluding hydrogens is 243 g/mol. The van der Waals surface area contributed by atoms with E-state index in [1.165, 1.54) is 6.07 Å². The maximum atomic E-state index is 13.8. The molecule has 2 N–H and O–H groups in total. The predicted molar refractivity (Wildman–Crippen MR) is 79.3 cm³/mol. The van der Waals surface area contributed by atoms with Gasteiger partial charge in [0.05, 0.1) is 17.5 Å².